The predicted octanol–water partition coefficient (Wildman–Crippen LogP) is 3.35. The van der Waals surface area contributed by atoms with Crippen molar-refractivity contribution in [3.63, 3.8) is 0 Å². The summed E-state index contributed by atoms with van der Waals surface area (Å²) in [5, 5.41) is 0. The molecule has 0 N–H and O–H groups in total. The largest absolute Gasteiger partial charge is 0.295 e. The Balaban J connectivity index is 2.42. The molecule has 1 aliphatic carbocycles. The monoisotopic (exact) mass is 202 g/mol. The number of alkyl halides is 2. The van der Waals surface area contributed by atoms with E-state index in [-0.39, 0.29) is 31.0 Å². The van der Waals surface area contributed by atoms with Crippen LogP contribution in [0.3, 0.4) is 0 Å². The Morgan fingerprint density at radius 3 is 2.86 bits per heavy atom. The maximum Gasteiger partial charge on any atom is 0.248 e. The lowest BCUT2D eigenvalue weighted by Crippen LogP contribution is -2.27. The molecule has 1 saturated carbocycles. The summed E-state index contributed by atoms with van der Waals surface area (Å²) in [6.45, 7) is 1.76. The highest BCUT2D eigenvalue weighted by molar-refractivity contribution is 5.89. The summed E-state index contributed by atoms with van der Waals surface area (Å²) in [5.74, 6) is -2.70. The van der Waals surface area contributed by atoms with Gasteiger partial charge < -0.3 is 0 Å². The van der Waals surface area contributed by atoms with Crippen molar-refractivity contribution in [1.82, 2.24) is 0 Å². The normalized spacial score (nSPS) is 26.6. The van der Waals surface area contributed by atoms with Crippen LogP contribution < -0.4 is 0 Å². The highest BCUT2D eigenvalue weighted by Gasteiger charge is 2.36. The van der Waals surface area contributed by atoms with Crippen molar-refractivity contribution in [3.8, 4) is 0 Å². The van der Waals surface area contributed by atoms with Crippen molar-refractivity contribution in [2.24, 2.45) is 5.92 Å². The molecule has 1 aliphatic rings. The SMILES string of the molecule is C/C=C/C(=O)CC1CCCC(F)(F)C1. The standard InChI is InChI=1S/C11H16F2O/c1-2-4-10(14)7-9-5-3-6-11(12,13)8-9/h2,4,9H,3,5-8H2,1H3/b4-2+. The number of hydrogen-bond acceptors (Lipinski definition) is 1. The molecule has 80 valence electrons. The topological polar surface area (TPSA) is 17.1 Å². The molecule has 1 unspecified atom stereocenters. The van der Waals surface area contributed by atoms with Crippen molar-refractivity contribution in [2.75, 3.05) is 0 Å². The molecule has 0 amide bonds. The van der Waals surface area contributed by atoms with Gasteiger partial charge in [0.25, 0.3) is 0 Å². The van der Waals surface area contributed by atoms with Crippen LogP contribution in [0.5, 0.6) is 0 Å². The van der Waals surface area contributed by atoms with Gasteiger partial charge in [0.2, 0.25) is 5.92 Å². The maximum absolute atomic E-state index is 13.0. The van der Waals surface area contributed by atoms with Crippen LogP contribution >= 0.6 is 0 Å². The first-order chi connectivity index (χ1) is 6.53. The highest BCUT2D eigenvalue weighted by atomic mass is 19.3. The molecule has 3 heteroatoms. The quantitative estimate of drug-likeness (QED) is 0.641. The van der Waals surface area contributed by atoms with Gasteiger partial charge in [-0.1, -0.05) is 6.08 Å². The number of allylic oxidation sites excluding steroid dienone is 2. The zero-order valence-corrected chi connectivity index (χ0v) is 8.43. The zero-order valence-electron chi connectivity index (χ0n) is 8.43. The molecular weight excluding hydrogens is 186 g/mol. The van der Waals surface area contributed by atoms with Crippen LogP contribution in [0.4, 0.5) is 8.78 Å². The van der Waals surface area contributed by atoms with Gasteiger partial charge in [-0.05, 0) is 31.8 Å². The van der Waals surface area contributed by atoms with Crippen molar-refractivity contribution >= 4 is 5.78 Å². The van der Waals surface area contributed by atoms with Gasteiger partial charge in [0, 0.05) is 19.3 Å². The lowest BCUT2D eigenvalue weighted by atomic mass is 9.83. The molecule has 0 aromatic carbocycles. The van der Waals surface area contributed by atoms with E-state index in [0.29, 0.717) is 6.42 Å². The summed E-state index contributed by atoms with van der Waals surface area (Å²) < 4.78 is 25.9. The van der Waals surface area contributed by atoms with Crippen molar-refractivity contribution in [2.45, 2.75) is 45.0 Å². The van der Waals surface area contributed by atoms with Crippen LogP contribution in [0.15, 0.2) is 12.2 Å². The smallest absolute Gasteiger partial charge is 0.248 e. The van der Waals surface area contributed by atoms with E-state index in [2.05, 4.69) is 0 Å². The second kappa shape index (κ2) is 4.67. The summed E-state index contributed by atoms with van der Waals surface area (Å²) in [7, 11) is 0. The molecule has 1 fully saturated rings. The maximum atomic E-state index is 13.0. The summed E-state index contributed by atoms with van der Waals surface area (Å²) in [6.07, 6.45) is 4.58. The number of carbonyl (C=O) groups excluding carboxylic acids is 1. The molecule has 0 saturated heterocycles. The van der Waals surface area contributed by atoms with Crippen LogP contribution in [0, 0.1) is 5.92 Å². The van der Waals surface area contributed by atoms with Crippen molar-refractivity contribution in [1.29, 1.82) is 0 Å². The number of carbonyl (C=O) groups is 1. The van der Waals surface area contributed by atoms with Gasteiger partial charge >= 0.3 is 0 Å². The van der Waals surface area contributed by atoms with E-state index in [0.717, 1.165) is 6.42 Å². The van der Waals surface area contributed by atoms with Gasteiger partial charge in [-0.2, -0.15) is 0 Å². The Morgan fingerprint density at radius 1 is 1.57 bits per heavy atom. The molecule has 0 aromatic heterocycles. The van der Waals surface area contributed by atoms with E-state index in [1.54, 1.807) is 13.0 Å². The van der Waals surface area contributed by atoms with Gasteiger partial charge in [0.15, 0.2) is 5.78 Å². The van der Waals surface area contributed by atoms with Crippen LogP contribution in [0.2, 0.25) is 0 Å². The van der Waals surface area contributed by atoms with Crippen molar-refractivity contribution < 1.29 is 13.6 Å². The van der Waals surface area contributed by atoms with E-state index >= 15 is 0 Å². The molecule has 14 heavy (non-hydrogen) atoms. The molecule has 0 aromatic rings. The molecule has 0 aliphatic heterocycles. The summed E-state index contributed by atoms with van der Waals surface area (Å²) >= 11 is 0. The second-order valence-corrected chi connectivity index (χ2v) is 3.99. The van der Waals surface area contributed by atoms with Gasteiger partial charge in [-0.3, -0.25) is 4.79 Å². The fourth-order valence-electron chi connectivity index (χ4n) is 1.99. The molecule has 0 bridgehead atoms. The predicted molar refractivity (Wildman–Crippen MR) is 51.3 cm³/mol. The van der Waals surface area contributed by atoms with Crippen LogP contribution in [-0.4, -0.2) is 11.7 Å². The Morgan fingerprint density at radius 2 is 2.29 bits per heavy atom. The summed E-state index contributed by atoms with van der Waals surface area (Å²) in [4.78, 5) is 11.2. The van der Waals surface area contributed by atoms with Gasteiger partial charge in [0.1, 0.15) is 0 Å². The van der Waals surface area contributed by atoms with Gasteiger partial charge in [-0.25, -0.2) is 8.78 Å². The van der Waals surface area contributed by atoms with Crippen LogP contribution in [0.1, 0.15) is 39.0 Å². The van der Waals surface area contributed by atoms with E-state index in [9.17, 15) is 13.6 Å². The molecule has 0 heterocycles. The van der Waals surface area contributed by atoms with Crippen molar-refractivity contribution in [3.05, 3.63) is 12.2 Å². The highest BCUT2D eigenvalue weighted by Crippen LogP contribution is 2.38. The molecule has 0 spiro atoms. The minimum atomic E-state index is -2.54. The first kappa shape index (κ1) is 11.3. The third-order valence-corrected chi connectivity index (χ3v) is 2.58. The Hall–Kier alpha value is -0.730. The lowest BCUT2D eigenvalue weighted by Gasteiger charge is -2.28. The first-order valence-corrected chi connectivity index (χ1v) is 5.07. The average Bonchev–Trinajstić information content (AvgIpc) is 2.02. The number of rotatable bonds is 3. The summed E-state index contributed by atoms with van der Waals surface area (Å²) in [5.41, 5.74) is 0. The lowest BCUT2D eigenvalue weighted by molar-refractivity contribution is -0.117. The van der Waals surface area contributed by atoms with E-state index < -0.39 is 5.92 Å². The Kier molecular flexibility index (Phi) is 3.78. The van der Waals surface area contributed by atoms with Gasteiger partial charge in [-0.15, -0.1) is 0 Å². The van der Waals surface area contributed by atoms with E-state index in [4.69, 9.17) is 0 Å². The van der Waals surface area contributed by atoms with Crippen LogP contribution in [-0.2, 0) is 4.79 Å². The first-order valence-electron chi connectivity index (χ1n) is 5.07. The minimum absolute atomic E-state index is 0.0126. The van der Waals surface area contributed by atoms with E-state index in [1.807, 2.05) is 0 Å². The molecular formula is C11H16F2O. The number of halogens is 2. The Bertz CT molecular complexity index is 233. The van der Waals surface area contributed by atoms with E-state index in [1.165, 1.54) is 6.08 Å². The van der Waals surface area contributed by atoms with Gasteiger partial charge in [0.05, 0.1) is 0 Å². The van der Waals surface area contributed by atoms with Crippen LogP contribution in [0.25, 0.3) is 0 Å². The second-order valence-electron chi connectivity index (χ2n) is 3.99. The zero-order chi connectivity index (χ0) is 10.6. The average molecular weight is 202 g/mol. The molecule has 0 radical (unpaired) electrons. The minimum Gasteiger partial charge on any atom is -0.295 e. The fourth-order valence-corrected chi connectivity index (χ4v) is 1.99. The summed E-state index contributed by atoms with van der Waals surface area (Å²) in [6, 6.07) is 0. The molecule has 1 rings (SSSR count). The third kappa shape index (κ3) is 3.56. The Labute approximate surface area is 83.2 Å². The molecule has 1 atom stereocenters. The molecule has 1 nitrogen and oxygen atoms in total. The third-order valence-electron chi connectivity index (χ3n) is 2.58. The fraction of sp³-hybridized carbons (Fsp3) is 0.727. The number of ketones is 1. The number of hydrogen-bond donors (Lipinski definition) is 0.